The maximum atomic E-state index is 11.0. The quantitative estimate of drug-likeness (QED) is 0.567. The maximum absolute atomic E-state index is 11.0. The van der Waals surface area contributed by atoms with Crippen molar-refractivity contribution < 1.29 is 20.4 Å². The van der Waals surface area contributed by atoms with Gasteiger partial charge >= 0.3 is 0 Å². The summed E-state index contributed by atoms with van der Waals surface area (Å²) in [5.41, 5.74) is -2.48. The third-order valence-electron chi connectivity index (χ3n) is 5.82. The predicted octanol–water partition coefficient (Wildman–Crippen LogP) is -0.140. The molecule has 20 heavy (non-hydrogen) atoms. The van der Waals surface area contributed by atoms with Crippen molar-refractivity contribution in [2.75, 3.05) is 19.6 Å². The lowest BCUT2D eigenvalue weighted by Crippen LogP contribution is -2.67. The van der Waals surface area contributed by atoms with Gasteiger partial charge in [0.05, 0.1) is 23.4 Å². The molecule has 116 valence electrons. The van der Waals surface area contributed by atoms with E-state index in [2.05, 4.69) is 4.90 Å². The number of aliphatic hydroxyl groups is 4. The minimum absolute atomic E-state index is 0.0845. The van der Waals surface area contributed by atoms with Crippen molar-refractivity contribution >= 4 is 0 Å². The molecule has 3 rings (SSSR count). The van der Waals surface area contributed by atoms with Crippen molar-refractivity contribution in [3.8, 4) is 0 Å². The Morgan fingerprint density at radius 2 is 1.65 bits per heavy atom. The first-order chi connectivity index (χ1) is 9.46. The molecule has 0 radical (unpaired) electrons. The predicted molar refractivity (Wildman–Crippen MR) is 74.2 cm³/mol. The summed E-state index contributed by atoms with van der Waals surface area (Å²) in [6.45, 7) is 2.53. The standard InChI is InChI=1S/C15H27NO4/c17-12-9-14(19)5-4-6-15(14,20)11(13(12)18)10-16-7-2-1-3-8-16/h11-13,17-20H,1-10H2. The molecule has 3 aliphatic rings. The molecule has 2 saturated carbocycles. The molecule has 0 bridgehead atoms. The van der Waals surface area contributed by atoms with Gasteiger partial charge in [-0.15, -0.1) is 0 Å². The van der Waals surface area contributed by atoms with Crippen LogP contribution in [0.15, 0.2) is 0 Å². The smallest absolute Gasteiger partial charge is 0.1000 e. The number of aliphatic hydroxyl groups excluding tert-OH is 2. The first kappa shape index (κ1) is 14.7. The molecular formula is C15H27NO4. The zero-order valence-electron chi connectivity index (χ0n) is 12.0. The van der Waals surface area contributed by atoms with Crippen molar-refractivity contribution in [2.45, 2.75) is 68.4 Å². The van der Waals surface area contributed by atoms with Gasteiger partial charge in [0.25, 0.3) is 0 Å². The number of piperidine rings is 1. The van der Waals surface area contributed by atoms with Crippen LogP contribution in [0, 0.1) is 5.92 Å². The van der Waals surface area contributed by atoms with E-state index in [1.807, 2.05) is 0 Å². The fourth-order valence-corrected chi connectivity index (χ4v) is 4.61. The largest absolute Gasteiger partial charge is 0.390 e. The third kappa shape index (κ3) is 2.20. The zero-order valence-corrected chi connectivity index (χ0v) is 12.0. The van der Waals surface area contributed by atoms with Gasteiger partial charge in [0.15, 0.2) is 0 Å². The van der Waals surface area contributed by atoms with E-state index in [0.29, 0.717) is 19.4 Å². The molecule has 5 heteroatoms. The van der Waals surface area contributed by atoms with Gasteiger partial charge in [-0.1, -0.05) is 6.42 Å². The molecule has 0 aromatic rings. The molecule has 3 fully saturated rings. The second kappa shape index (κ2) is 5.21. The van der Waals surface area contributed by atoms with E-state index in [-0.39, 0.29) is 6.42 Å². The van der Waals surface area contributed by atoms with Gasteiger partial charge in [-0.3, -0.25) is 0 Å². The highest BCUT2D eigenvalue weighted by Gasteiger charge is 2.63. The average molecular weight is 285 g/mol. The Balaban J connectivity index is 1.81. The summed E-state index contributed by atoms with van der Waals surface area (Å²) in [5, 5.41) is 42.1. The Bertz CT molecular complexity index is 360. The summed E-state index contributed by atoms with van der Waals surface area (Å²) in [7, 11) is 0. The van der Waals surface area contributed by atoms with Gasteiger partial charge in [0.1, 0.15) is 0 Å². The van der Waals surface area contributed by atoms with E-state index in [9.17, 15) is 20.4 Å². The highest BCUT2D eigenvalue weighted by atomic mass is 16.4. The van der Waals surface area contributed by atoms with Crippen LogP contribution >= 0.6 is 0 Å². The Kier molecular flexibility index (Phi) is 3.84. The van der Waals surface area contributed by atoms with Crippen molar-refractivity contribution in [2.24, 2.45) is 5.92 Å². The molecule has 5 atom stereocenters. The highest BCUT2D eigenvalue weighted by molar-refractivity contribution is 5.15. The summed E-state index contributed by atoms with van der Waals surface area (Å²) in [6.07, 6.45) is 3.52. The van der Waals surface area contributed by atoms with Crippen LogP contribution < -0.4 is 0 Å². The monoisotopic (exact) mass is 285 g/mol. The summed E-state index contributed by atoms with van der Waals surface area (Å²) in [4.78, 5) is 2.26. The lowest BCUT2D eigenvalue weighted by atomic mass is 9.64. The van der Waals surface area contributed by atoms with Crippen molar-refractivity contribution in [1.82, 2.24) is 4.90 Å². The van der Waals surface area contributed by atoms with E-state index < -0.39 is 29.3 Å². The summed E-state index contributed by atoms with van der Waals surface area (Å²) in [6, 6.07) is 0. The maximum Gasteiger partial charge on any atom is 0.1000 e. The van der Waals surface area contributed by atoms with Gasteiger partial charge in [-0.05, 0) is 45.2 Å². The zero-order chi connectivity index (χ0) is 14.4. The van der Waals surface area contributed by atoms with Crippen LogP contribution in [-0.4, -0.2) is 68.4 Å². The number of hydrogen-bond donors (Lipinski definition) is 4. The minimum Gasteiger partial charge on any atom is -0.390 e. The molecule has 1 saturated heterocycles. The molecule has 5 unspecified atom stereocenters. The van der Waals surface area contributed by atoms with Gasteiger partial charge < -0.3 is 25.3 Å². The Morgan fingerprint density at radius 3 is 2.35 bits per heavy atom. The number of hydrogen-bond acceptors (Lipinski definition) is 5. The van der Waals surface area contributed by atoms with Crippen molar-refractivity contribution in [1.29, 1.82) is 0 Å². The molecule has 2 aliphatic carbocycles. The lowest BCUT2D eigenvalue weighted by molar-refractivity contribution is -0.242. The molecule has 0 spiro atoms. The number of rotatable bonds is 2. The molecule has 0 aromatic heterocycles. The Labute approximate surface area is 120 Å². The molecule has 4 N–H and O–H groups in total. The fourth-order valence-electron chi connectivity index (χ4n) is 4.61. The van der Waals surface area contributed by atoms with Crippen LogP contribution in [0.5, 0.6) is 0 Å². The van der Waals surface area contributed by atoms with Crippen molar-refractivity contribution in [3.05, 3.63) is 0 Å². The molecule has 0 aromatic carbocycles. The number of fused-ring (bicyclic) bond motifs is 1. The van der Waals surface area contributed by atoms with Crippen LogP contribution in [0.25, 0.3) is 0 Å². The van der Waals surface area contributed by atoms with E-state index in [1.54, 1.807) is 0 Å². The SMILES string of the molecule is OC1CC2(O)CCCC2(O)C(CN2CCCCC2)C1O. The van der Waals surface area contributed by atoms with Crippen molar-refractivity contribution in [3.63, 3.8) is 0 Å². The summed E-state index contributed by atoms with van der Waals surface area (Å²) < 4.78 is 0. The molecule has 1 heterocycles. The molecule has 1 aliphatic heterocycles. The van der Waals surface area contributed by atoms with Crippen LogP contribution in [-0.2, 0) is 0 Å². The van der Waals surface area contributed by atoms with Gasteiger partial charge in [-0.25, -0.2) is 0 Å². The number of nitrogens with zero attached hydrogens (tertiary/aromatic N) is 1. The van der Waals surface area contributed by atoms with Gasteiger partial charge in [0, 0.05) is 18.9 Å². The van der Waals surface area contributed by atoms with Crippen LogP contribution in [0.4, 0.5) is 0 Å². The average Bonchev–Trinajstić information content (AvgIpc) is 2.72. The van der Waals surface area contributed by atoms with E-state index in [1.165, 1.54) is 6.42 Å². The summed E-state index contributed by atoms with van der Waals surface area (Å²) >= 11 is 0. The topological polar surface area (TPSA) is 84.2 Å². The van der Waals surface area contributed by atoms with E-state index in [4.69, 9.17) is 0 Å². The van der Waals surface area contributed by atoms with Crippen LogP contribution in [0.3, 0.4) is 0 Å². The minimum atomic E-state index is -1.25. The first-order valence-corrected chi connectivity index (χ1v) is 7.99. The lowest BCUT2D eigenvalue weighted by Gasteiger charge is -2.52. The second-order valence-electron chi connectivity index (χ2n) is 7.04. The van der Waals surface area contributed by atoms with E-state index in [0.717, 1.165) is 32.4 Å². The highest BCUT2D eigenvalue weighted by Crippen LogP contribution is 2.51. The molecular weight excluding hydrogens is 258 g/mol. The van der Waals surface area contributed by atoms with E-state index >= 15 is 0 Å². The van der Waals surface area contributed by atoms with Crippen LogP contribution in [0.1, 0.15) is 44.9 Å². The normalized spacial score (nSPS) is 50.1. The van der Waals surface area contributed by atoms with Gasteiger partial charge in [0.2, 0.25) is 0 Å². The fraction of sp³-hybridized carbons (Fsp3) is 1.00. The third-order valence-corrected chi connectivity index (χ3v) is 5.82. The molecule has 5 nitrogen and oxygen atoms in total. The van der Waals surface area contributed by atoms with Gasteiger partial charge in [-0.2, -0.15) is 0 Å². The Morgan fingerprint density at radius 1 is 0.950 bits per heavy atom. The van der Waals surface area contributed by atoms with Crippen LogP contribution in [0.2, 0.25) is 0 Å². The summed E-state index contributed by atoms with van der Waals surface area (Å²) in [5.74, 6) is -0.461. The molecule has 0 amide bonds. The Hall–Kier alpha value is -0.200. The number of likely N-dealkylation sites (tertiary alicyclic amines) is 1. The first-order valence-electron chi connectivity index (χ1n) is 7.99. The second-order valence-corrected chi connectivity index (χ2v) is 7.04.